The maximum absolute atomic E-state index is 14.1. The highest BCUT2D eigenvalue weighted by atomic mass is 16.8. The molecule has 1 aromatic heterocycles. The van der Waals surface area contributed by atoms with Crippen LogP contribution < -0.4 is 15.4 Å². The Kier molecular flexibility index (Phi) is 14.4. The zero-order chi connectivity index (χ0) is 41.1. The molecule has 0 bridgehead atoms. The summed E-state index contributed by atoms with van der Waals surface area (Å²) in [4.78, 5) is 80.6. The normalized spacial score (nSPS) is 13.0. The summed E-state index contributed by atoms with van der Waals surface area (Å²) in [7, 11) is 1.43. The zero-order valence-corrected chi connectivity index (χ0v) is 31.9. The van der Waals surface area contributed by atoms with Gasteiger partial charge in [0.05, 0.1) is 13.2 Å². The van der Waals surface area contributed by atoms with Crippen LogP contribution in [0.2, 0.25) is 0 Å². The van der Waals surface area contributed by atoms with Gasteiger partial charge in [0.25, 0.3) is 5.91 Å². The predicted octanol–water partition coefficient (Wildman–Crippen LogP) is 5.99. The van der Waals surface area contributed by atoms with Crippen LogP contribution >= 0.6 is 0 Å². The van der Waals surface area contributed by atoms with Crippen molar-refractivity contribution in [2.75, 3.05) is 13.7 Å². The molecule has 0 saturated heterocycles. The van der Waals surface area contributed by atoms with Crippen LogP contribution in [-0.2, 0) is 34.9 Å². The smallest absolute Gasteiger partial charge is 0.496 e. The predicted molar refractivity (Wildman–Crippen MR) is 201 cm³/mol. The van der Waals surface area contributed by atoms with Gasteiger partial charge in [0.2, 0.25) is 12.6 Å². The number of ether oxygens (including phenoxy) is 6. The zero-order valence-electron chi connectivity index (χ0n) is 31.9. The van der Waals surface area contributed by atoms with Gasteiger partial charge in [0, 0.05) is 56.0 Å². The van der Waals surface area contributed by atoms with E-state index in [4.69, 9.17) is 33.8 Å². The molecule has 1 aliphatic carbocycles. The minimum Gasteiger partial charge on any atom is -0.496 e. The first-order valence-electron chi connectivity index (χ1n) is 17.7. The van der Waals surface area contributed by atoms with Crippen molar-refractivity contribution in [3.63, 3.8) is 0 Å². The van der Waals surface area contributed by atoms with Gasteiger partial charge in [0.1, 0.15) is 17.3 Å². The fourth-order valence-corrected chi connectivity index (χ4v) is 5.26. The molecule has 16 heteroatoms. The molecule has 296 valence electrons. The quantitative estimate of drug-likeness (QED) is 0.0381. The molecule has 0 radical (unpaired) electrons. The van der Waals surface area contributed by atoms with Crippen LogP contribution in [0, 0.1) is 11.3 Å². The first kappa shape index (κ1) is 42.2. The highest BCUT2D eigenvalue weighted by Crippen LogP contribution is 2.35. The summed E-state index contributed by atoms with van der Waals surface area (Å²) in [5.74, 6) is -2.21. The summed E-state index contributed by atoms with van der Waals surface area (Å²) >= 11 is 0. The first-order chi connectivity index (χ1) is 26.6. The van der Waals surface area contributed by atoms with Crippen LogP contribution in [0.15, 0.2) is 55.1 Å². The monoisotopic (exact) mass is 772 g/mol. The fraction of sp³-hybridized carbons (Fsp3) is 0.350. The van der Waals surface area contributed by atoms with Crippen LogP contribution in [0.4, 0.5) is 9.59 Å². The molecule has 2 atom stereocenters. The van der Waals surface area contributed by atoms with Gasteiger partial charge < -0.3 is 33.7 Å². The summed E-state index contributed by atoms with van der Waals surface area (Å²) in [5.41, 5.74) is 1.38. The molecule has 0 aliphatic heterocycles. The second-order valence-electron chi connectivity index (χ2n) is 13.0. The number of ketones is 1. The molecular weight excluding hydrogens is 728 g/mol. The van der Waals surface area contributed by atoms with Crippen molar-refractivity contribution in [1.29, 1.82) is 5.41 Å². The summed E-state index contributed by atoms with van der Waals surface area (Å²) < 4.78 is 30.7. The maximum Gasteiger partial charge on any atom is 0.511 e. The fourth-order valence-electron chi connectivity index (χ4n) is 5.26. The Hall–Kier alpha value is -6.58. The Morgan fingerprint density at radius 2 is 1.57 bits per heavy atom. The lowest BCUT2D eigenvalue weighted by atomic mass is 9.90. The molecule has 1 saturated carbocycles. The average molecular weight is 773 g/mol. The number of carbonyl (C=O) groups excluding carboxylic acids is 6. The molecule has 2 amide bonds. The molecule has 1 heterocycles. The van der Waals surface area contributed by atoms with E-state index < -0.39 is 54.6 Å². The van der Waals surface area contributed by atoms with Crippen molar-refractivity contribution < 1.29 is 57.2 Å². The summed E-state index contributed by atoms with van der Waals surface area (Å²) in [6.07, 6.45) is -1.77. The van der Waals surface area contributed by atoms with Gasteiger partial charge in [0.15, 0.2) is 11.5 Å². The number of amidine groups is 1. The summed E-state index contributed by atoms with van der Waals surface area (Å²) in [6.45, 7) is 11.3. The van der Waals surface area contributed by atoms with E-state index >= 15 is 0 Å². The number of aromatic nitrogens is 1. The lowest BCUT2D eigenvalue weighted by Crippen LogP contribution is -2.34. The van der Waals surface area contributed by atoms with E-state index in [9.17, 15) is 28.8 Å². The molecule has 1 fully saturated rings. The molecular formula is C40H44N4O12. The Bertz CT molecular complexity index is 2010. The number of rotatable bonds is 16. The number of esters is 2. The van der Waals surface area contributed by atoms with Gasteiger partial charge in [-0.3, -0.25) is 25.1 Å². The van der Waals surface area contributed by atoms with Crippen LogP contribution in [0.1, 0.15) is 95.5 Å². The lowest BCUT2D eigenvalue weighted by molar-refractivity contribution is -0.161. The van der Waals surface area contributed by atoms with E-state index in [0.717, 1.165) is 19.8 Å². The number of alkyl carbamates (subject to hydrolysis) is 1. The van der Waals surface area contributed by atoms with Crippen molar-refractivity contribution in [2.45, 2.75) is 72.6 Å². The van der Waals surface area contributed by atoms with Crippen LogP contribution in [0.3, 0.4) is 0 Å². The van der Waals surface area contributed by atoms with Crippen LogP contribution in [0.25, 0.3) is 17.2 Å². The highest BCUT2D eigenvalue weighted by molar-refractivity contribution is 6.08. The van der Waals surface area contributed by atoms with Crippen molar-refractivity contribution in [1.82, 2.24) is 15.6 Å². The Morgan fingerprint density at radius 3 is 2.18 bits per heavy atom. The first-order valence-corrected chi connectivity index (χ1v) is 17.7. The number of benzene rings is 2. The number of hydrogen-bond donors (Lipinski definition) is 3. The minimum absolute atomic E-state index is 0.0796. The summed E-state index contributed by atoms with van der Waals surface area (Å²) in [5, 5.41) is 13.3. The highest BCUT2D eigenvalue weighted by Gasteiger charge is 2.28. The SMILES string of the molecule is C=Cc1cc(C(=O)Cc2ccc(C(=N)NC(=O)OC(C)OC(C)=O)cc2)c(-c2ccc(C(=O)NCC3CC3)nc2C(=O)OC(C)OC(=O)OC(C)C)cc1OC. The van der Waals surface area contributed by atoms with Crippen molar-refractivity contribution in [3.8, 4) is 16.9 Å². The largest absolute Gasteiger partial charge is 0.511 e. The van der Waals surface area contributed by atoms with Crippen molar-refractivity contribution in [2.24, 2.45) is 5.92 Å². The summed E-state index contributed by atoms with van der Waals surface area (Å²) in [6, 6.07) is 12.2. The molecule has 4 rings (SSSR count). The second-order valence-corrected chi connectivity index (χ2v) is 13.0. The van der Waals surface area contributed by atoms with Gasteiger partial charge in [-0.05, 0) is 68.0 Å². The Morgan fingerprint density at radius 1 is 0.893 bits per heavy atom. The van der Waals surface area contributed by atoms with E-state index in [1.54, 1.807) is 38.1 Å². The van der Waals surface area contributed by atoms with Crippen LogP contribution in [-0.4, -0.2) is 79.0 Å². The third kappa shape index (κ3) is 12.0. The molecule has 2 aromatic carbocycles. The average Bonchev–Trinajstić information content (AvgIpc) is 3.97. The standard InChI is InChI=1S/C40H44N4O12/c1-8-27-18-31(33(46)17-25-11-13-28(14-12-25)36(41)44-39(49)55-23(5)53-22(4)45)30(19-34(27)51-7)29-15-16-32(37(47)42-20-26-9-10-26)43-35(29)38(48)54-24(6)56-40(50)52-21(2)3/h8,11-16,18-19,21,23-24,26H,1,9-10,17,20H2,2-7H3,(H,42,47)(H2,41,44,49). The van der Waals surface area contributed by atoms with Gasteiger partial charge in [-0.2, -0.15) is 0 Å². The number of nitrogens with one attached hydrogen (secondary N) is 3. The van der Waals surface area contributed by atoms with E-state index in [2.05, 4.69) is 22.2 Å². The van der Waals surface area contributed by atoms with Gasteiger partial charge >= 0.3 is 24.2 Å². The van der Waals surface area contributed by atoms with E-state index in [-0.39, 0.29) is 40.3 Å². The van der Waals surface area contributed by atoms with E-state index in [1.165, 1.54) is 51.3 Å². The number of amides is 2. The molecule has 3 N–H and O–H groups in total. The molecule has 2 unspecified atom stereocenters. The number of Topliss-reactive ketones (excluding diaryl/α,β-unsaturated/α-hetero) is 1. The lowest BCUT2D eigenvalue weighted by Gasteiger charge is -2.18. The maximum atomic E-state index is 14.1. The van der Waals surface area contributed by atoms with Gasteiger partial charge in [-0.25, -0.2) is 19.4 Å². The third-order valence-electron chi connectivity index (χ3n) is 8.06. The van der Waals surface area contributed by atoms with E-state index in [0.29, 0.717) is 34.9 Å². The minimum atomic E-state index is -1.41. The number of hydrogen-bond acceptors (Lipinski definition) is 14. The van der Waals surface area contributed by atoms with Crippen molar-refractivity contribution >= 4 is 47.8 Å². The third-order valence-corrected chi connectivity index (χ3v) is 8.06. The van der Waals surface area contributed by atoms with Crippen LogP contribution in [0.5, 0.6) is 5.75 Å². The molecule has 1 aliphatic rings. The number of pyridine rings is 1. The second kappa shape index (κ2) is 19.1. The number of nitrogens with zero attached hydrogens (tertiary/aromatic N) is 1. The van der Waals surface area contributed by atoms with E-state index in [1.807, 2.05) is 0 Å². The molecule has 0 spiro atoms. The topological polar surface area (TPSA) is 219 Å². The molecule has 16 nitrogen and oxygen atoms in total. The Labute approximate surface area is 323 Å². The molecule has 3 aromatic rings. The number of carbonyl (C=O) groups is 6. The van der Waals surface area contributed by atoms with Gasteiger partial charge in [-0.15, -0.1) is 0 Å². The number of methoxy groups -OCH3 is 1. The molecule has 56 heavy (non-hydrogen) atoms. The van der Waals surface area contributed by atoms with Crippen molar-refractivity contribution in [3.05, 3.63) is 88.8 Å². The van der Waals surface area contributed by atoms with Gasteiger partial charge in [-0.1, -0.05) is 36.9 Å². The Balaban J connectivity index is 1.66.